The van der Waals surface area contributed by atoms with Crippen LogP contribution in [0.1, 0.15) is 0 Å². The summed E-state index contributed by atoms with van der Waals surface area (Å²) in [5.74, 6) is -0.147. The average Bonchev–Trinajstić information content (AvgIpc) is 1.83. The maximum atomic E-state index is 8.85. The Labute approximate surface area is 74.9 Å². The van der Waals surface area contributed by atoms with Gasteiger partial charge in [0.05, 0.1) is 0 Å². The Morgan fingerprint density at radius 3 is 2.33 bits per heavy atom. The lowest BCUT2D eigenvalue weighted by Crippen LogP contribution is -2.21. The lowest BCUT2D eigenvalue weighted by Gasteiger charge is -2.07. The van der Waals surface area contributed by atoms with Crippen molar-refractivity contribution in [3.8, 4) is 0 Å². The largest absolute Gasteiger partial charge is 0.417 e. The zero-order chi connectivity index (χ0) is 9.78. The Morgan fingerprint density at radius 1 is 1.58 bits per heavy atom. The van der Waals surface area contributed by atoms with Crippen molar-refractivity contribution < 1.29 is 29.0 Å². The molecule has 0 rings (SSSR count). The second-order valence-electron chi connectivity index (χ2n) is 1.93. The molecule has 3 N–H and O–H groups in total. The Balaban J connectivity index is 4.37. The summed E-state index contributed by atoms with van der Waals surface area (Å²) in [4.78, 5) is 17.4. The Hall–Kier alpha value is -0.200. The molecule has 0 aliphatic heterocycles. The molecule has 0 aromatic heterocycles. The highest BCUT2D eigenvalue weighted by molar-refractivity contribution is 8.06. The highest BCUT2D eigenvalue weighted by atomic mass is 32.5. The molecule has 0 aliphatic rings. The first-order valence-corrected chi connectivity index (χ1v) is 5.52. The van der Waals surface area contributed by atoms with Gasteiger partial charge in [-0.15, -0.1) is 0 Å². The van der Waals surface area contributed by atoms with E-state index >= 15 is 0 Å². The third-order valence-electron chi connectivity index (χ3n) is 0.853. The van der Waals surface area contributed by atoms with Gasteiger partial charge in [-0.05, 0) is 0 Å². The smallest absolute Gasteiger partial charge is 0.370 e. The summed E-state index contributed by atoms with van der Waals surface area (Å²) in [6.45, 7) is -3.88. The molecule has 0 fully saturated rings. The van der Waals surface area contributed by atoms with E-state index in [1.54, 1.807) is 0 Å². The second kappa shape index (κ2) is 4.74. The van der Waals surface area contributed by atoms with E-state index in [-0.39, 0.29) is 12.5 Å². The Morgan fingerprint density at radius 2 is 2.08 bits per heavy atom. The molecule has 0 aliphatic carbocycles. The van der Waals surface area contributed by atoms with Crippen LogP contribution in [0.25, 0.3) is 0 Å². The van der Waals surface area contributed by atoms with Crippen LogP contribution in [-0.2, 0) is 21.1 Å². The van der Waals surface area contributed by atoms with Crippen molar-refractivity contribution >= 4 is 24.4 Å². The van der Waals surface area contributed by atoms with Gasteiger partial charge in [-0.25, -0.2) is 0 Å². The summed E-state index contributed by atoms with van der Waals surface area (Å²) in [5.41, 5.74) is 0. The summed E-state index contributed by atoms with van der Waals surface area (Å²) < 4.78 is 9.61. The molecule has 12 heavy (non-hydrogen) atoms. The van der Waals surface area contributed by atoms with Crippen LogP contribution in [0.3, 0.4) is 0 Å². The third kappa shape index (κ3) is 5.45. The van der Waals surface area contributed by atoms with Crippen molar-refractivity contribution in [2.24, 2.45) is 0 Å². The Bertz CT molecular complexity index is 219. The van der Waals surface area contributed by atoms with Gasteiger partial charge in [-0.2, -0.15) is 0 Å². The number of hydrogen-bond acceptors (Lipinski definition) is 4. The fourth-order valence-electron chi connectivity index (χ4n) is 0.440. The number of methoxy groups -OCH3 is 1. The molecule has 6 nitrogen and oxygen atoms in total. The van der Waals surface area contributed by atoms with Crippen LogP contribution in [-0.4, -0.2) is 46.4 Å². The molecule has 0 atom stereocenters. The molecule has 0 saturated carbocycles. The third-order valence-corrected chi connectivity index (χ3v) is 1.53. The van der Waals surface area contributed by atoms with E-state index in [0.717, 1.165) is 0 Å². The van der Waals surface area contributed by atoms with E-state index in [4.69, 9.17) is 15.0 Å². The summed E-state index contributed by atoms with van der Waals surface area (Å²) in [6.07, 6.45) is 0. The fourth-order valence-corrected chi connectivity index (χ4v) is 1.14. The van der Waals surface area contributed by atoms with Crippen LogP contribution in [0, 0.1) is 0 Å². The van der Waals surface area contributed by atoms with E-state index in [1.807, 2.05) is 0 Å². The lowest BCUT2D eigenvalue weighted by atomic mass is 10.7. The van der Waals surface area contributed by atoms with E-state index in [1.165, 1.54) is 14.2 Å². The van der Waals surface area contributed by atoms with Gasteiger partial charge >= 0.3 is 12.6 Å². The summed E-state index contributed by atoms with van der Waals surface area (Å²) in [7, 11) is 2.62. The second-order valence-corrected chi connectivity index (χ2v) is 4.52. The quantitative estimate of drug-likeness (QED) is 0.144. The molecule has 72 valence electrons. The molecule has 0 saturated heterocycles. The highest BCUT2D eigenvalue weighted by Gasteiger charge is 2.21. The molecule has 0 bridgehead atoms. The van der Waals surface area contributed by atoms with Crippen molar-refractivity contribution in [1.29, 1.82) is 0 Å². The van der Waals surface area contributed by atoms with E-state index in [9.17, 15) is 0 Å². The SMILES string of the molecule is COCC(OP(O)(O)=S)=[N+](C)O. The van der Waals surface area contributed by atoms with Crippen molar-refractivity contribution in [3.63, 3.8) is 0 Å². The van der Waals surface area contributed by atoms with Gasteiger partial charge in [0, 0.05) is 23.7 Å². The van der Waals surface area contributed by atoms with E-state index < -0.39 is 6.72 Å². The summed E-state index contributed by atoms with van der Waals surface area (Å²) in [5, 5.41) is 8.85. The topological polar surface area (TPSA) is 82.2 Å². The molecular weight excluding hydrogens is 205 g/mol. The number of nitrogens with zero attached hydrogens (tertiary/aromatic N) is 1. The molecule has 0 aromatic carbocycles. The number of hydroxylamine groups is 1. The molecule has 0 radical (unpaired) electrons. The van der Waals surface area contributed by atoms with Gasteiger partial charge in [0.25, 0.3) is 0 Å². The molecular formula is C4H11NO5PS+. The number of hydrogen-bond donors (Lipinski definition) is 3. The predicted molar refractivity (Wildman–Crippen MR) is 44.7 cm³/mol. The maximum absolute atomic E-state index is 8.85. The van der Waals surface area contributed by atoms with Crippen molar-refractivity contribution in [2.75, 3.05) is 20.8 Å². The molecule has 0 amide bonds. The first kappa shape index (κ1) is 11.8. The van der Waals surface area contributed by atoms with Crippen molar-refractivity contribution in [1.82, 2.24) is 0 Å². The van der Waals surface area contributed by atoms with Gasteiger partial charge in [-0.1, -0.05) is 0 Å². The minimum atomic E-state index is -3.79. The van der Waals surface area contributed by atoms with Gasteiger partial charge in [-0.3, -0.25) is 5.21 Å². The van der Waals surface area contributed by atoms with Crippen LogP contribution in [0.4, 0.5) is 0 Å². The fraction of sp³-hybridized carbons (Fsp3) is 0.750. The van der Waals surface area contributed by atoms with Crippen molar-refractivity contribution in [2.45, 2.75) is 0 Å². The van der Waals surface area contributed by atoms with Gasteiger partial charge in [0.1, 0.15) is 0 Å². The minimum Gasteiger partial charge on any atom is -0.370 e. The first-order valence-electron chi connectivity index (χ1n) is 2.89. The molecule has 0 unspecified atom stereocenters. The predicted octanol–water partition coefficient (Wildman–Crippen LogP) is -0.712. The lowest BCUT2D eigenvalue weighted by molar-refractivity contribution is -0.759. The van der Waals surface area contributed by atoms with E-state index in [2.05, 4.69) is 21.1 Å². The number of rotatable bonds is 3. The zero-order valence-corrected chi connectivity index (χ0v) is 8.38. The highest BCUT2D eigenvalue weighted by Crippen LogP contribution is 2.36. The first-order chi connectivity index (χ1) is 5.37. The van der Waals surface area contributed by atoms with Crippen LogP contribution in [0.2, 0.25) is 0 Å². The number of ether oxygens (including phenoxy) is 1. The molecule has 0 aromatic rings. The monoisotopic (exact) mass is 216 g/mol. The van der Waals surface area contributed by atoms with Crippen LogP contribution in [0.15, 0.2) is 0 Å². The van der Waals surface area contributed by atoms with Crippen LogP contribution in [0.5, 0.6) is 0 Å². The standard InChI is InChI=1S/C4H10NO5PS/c1-5(6)4(3-9-2)10-11(7,8)12/h3H2,1-2H3,(H2-,6,7,8,12)/p+1. The average molecular weight is 216 g/mol. The summed E-state index contributed by atoms with van der Waals surface area (Å²) in [6, 6.07) is 0. The molecule has 8 heteroatoms. The molecule has 0 heterocycles. The van der Waals surface area contributed by atoms with Gasteiger partial charge in [0.15, 0.2) is 13.7 Å². The van der Waals surface area contributed by atoms with Crippen LogP contribution < -0.4 is 0 Å². The van der Waals surface area contributed by atoms with Crippen LogP contribution >= 0.6 is 6.72 Å². The zero-order valence-electron chi connectivity index (χ0n) is 6.67. The van der Waals surface area contributed by atoms with Gasteiger partial charge < -0.3 is 19.0 Å². The summed E-state index contributed by atoms with van der Waals surface area (Å²) >= 11 is 4.18. The maximum Gasteiger partial charge on any atom is 0.417 e. The van der Waals surface area contributed by atoms with Gasteiger partial charge in [0.2, 0.25) is 0 Å². The molecule has 0 spiro atoms. The normalized spacial score (nSPS) is 14.0. The van der Waals surface area contributed by atoms with Crippen molar-refractivity contribution in [3.05, 3.63) is 0 Å². The Kier molecular flexibility index (Phi) is 4.66. The minimum absolute atomic E-state index is 0.0908. The van der Waals surface area contributed by atoms with E-state index in [0.29, 0.717) is 4.74 Å².